The topological polar surface area (TPSA) is 0 Å². The van der Waals surface area contributed by atoms with Crippen LogP contribution < -0.4 is 0 Å². The molecule has 0 aromatic rings. The van der Waals surface area contributed by atoms with Gasteiger partial charge in [-0.15, -0.1) is 0 Å². The molecular formula is C8H12Cl4W. The molecule has 5 heteroatoms. The second-order valence-corrected chi connectivity index (χ2v) is 52.0. The molecular weight excluding hydrogens is 422 g/mol. The fraction of sp³-hybridized carbons (Fsp3) is 0.500. The molecule has 0 atom stereocenters. The van der Waals surface area contributed by atoms with Crippen molar-refractivity contribution >= 4 is 37.7 Å². The summed E-state index contributed by atoms with van der Waals surface area (Å²) in [5, 5.41) is 0. The van der Waals surface area contributed by atoms with Crippen LogP contribution in [-0.4, -0.2) is 0 Å². The molecule has 0 saturated carbocycles. The Kier molecular flexibility index (Phi) is 2.79. The standard InChI is InChI=1S/C5H5.C3H7.4ClH.W/c1-2-4-5-3-1;1-3-2;;;;;/h1-5H;3H,1-2H3;4*1H;/q;;;;;;+4/p-4. The average Bonchev–Trinajstić information content (AvgIpc) is 2.34. The van der Waals surface area contributed by atoms with Crippen molar-refractivity contribution in [2.45, 2.75) is 22.5 Å². The van der Waals surface area contributed by atoms with E-state index < -0.39 is 9.39 Å². The molecule has 0 bridgehead atoms. The van der Waals surface area contributed by atoms with Crippen LogP contribution in [0, 0.1) is 0 Å². The van der Waals surface area contributed by atoms with Gasteiger partial charge in [-0.2, -0.15) is 0 Å². The molecule has 1 rings (SSSR count). The number of hydrogen-bond donors (Lipinski definition) is 0. The third-order valence-electron chi connectivity index (χ3n) is 2.27. The van der Waals surface area contributed by atoms with Gasteiger partial charge < -0.3 is 0 Å². The summed E-state index contributed by atoms with van der Waals surface area (Å²) in [5.41, 5.74) is 0. The van der Waals surface area contributed by atoms with E-state index in [-0.39, 0.29) is 8.62 Å². The fourth-order valence-corrected chi connectivity index (χ4v) is 10.2. The molecule has 13 heavy (non-hydrogen) atoms. The summed E-state index contributed by atoms with van der Waals surface area (Å²) in [6.07, 6.45) is 7.49. The average molecular weight is 434 g/mol. The molecule has 78 valence electrons. The summed E-state index contributed by atoms with van der Waals surface area (Å²) in [5.74, 6) is 0. The molecule has 0 aromatic heterocycles. The van der Waals surface area contributed by atoms with Crippen LogP contribution in [0.15, 0.2) is 24.3 Å². The molecule has 0 unspecified atom stereocenters. The van der Waals surface area contributed by atoms with Crippen molar-refractivity contribution in [2.24, 2.45) is 0 Å². The zero-order valence-electron chi connectivity index (χ0n) is 7.38. The molecule has 0 aliphatic heterocycles. The van der Waals surface area contributed by atoms with Crippen LogP contribution in [-0.2, 0) is 9.39 Å². The van der Waals surface area contributed by atoms with E-state index in [0.717, 1.165) is 0 Å². The van der Waals surface area contributed by atoms with Gasteiger partial charge in [-0.3, -0.25) is 0 Å². The predicted octanol–water partition coefficient (Wildman–Crippen LogP) is 5.57. The summed E-state index contributed by atoms with van der Waals surface area (Å²) in [7, 11) is 20.5. The first kappa shape index (κ1) is 12.4. The van der Waals surface area contributed by atoms with Gasteiger partial charge >= 0.3 is 93.8 Å². The van der Waals surface area contributed by atoms with Crippen LogP contribution in [0.5, 0.6) is 0 Å². The maximum atomic E-state index is 6.38. The van der Waals surface area contributed by atoms with Crippen molar-refractivity contribution in [2.75, 3.05) is 0 Å². The number of rotatable bonds is 2. The zero-order valence-corrected chi connectivity index (χ0v) is 13.3. The predicted molar refractivity (Wildman–Crippen MR) is 60.5 cm³/mol. The zero-order chi connectivity index (χ0) is 10.4. The van der Waals surface area contributed by atoms with Gasteiger partial charge in [0.25, 0.3) is 0 Å². The van der Waals surface area contributed by atoms with Crippen molar-refractivity contribution in [1.82, 2.24) is 0 Å². The van der Waals surface area contributed by atoms with Gasteiger partial charge in [-0.05, 0) is 0 Å². The second-order valence-electron chi connectivity index (χ2n) is 3.48. The van der Waals surface area contributed by atoms with Crippen molar-refractivity contribution in [1.29, 1.82) is 0 Å². The van der Waals surface area contributed by atoms with E-state index in [1.54, 1.807) is 0 Å². The molecule has 0 nitrogen and oxygen atoms in total. The molecule has 0 N–H and O–H groups in total. The van der Waals surface area contributed by atoms with E-state index in [2.05, 4.69) is 0 Å². The molecule has 0 saturated heterocycles. The normalized spacial score (nSPS) is 23.6. The Morgan fingerprint density at radius 3 is 1.69 bits per heavy atom. The fourth-order valence-electron chi connectivity index (χ4n) is 1.05. The molecule has 1 aliphatic carbocycles. The Bertz CT molecular complexity index is 270. The summed E-state index contributed by atoms with van der Waals surface area (Å²) >= 11 is 0. The first-order chi connectivity index (χ1) is 5.58. The monoisotopic (exact) mass is 432 g/mol. The van der Waals surface area contributed by atoms with Crippen LogP contribution in [0.2, 0.25) is 8.62 Å². The van der Waals surface area contributed by atoms with Gasteiger partial charge in [0.05, 0.1) is 0 Å². The Morgan fingerprint density at radius 2 is 1.38 bits per heavy atom. The van der Waals surface area contributed by atoms with Crippen LogP contribution in [0.25, 0.3) is 0 Å². The van der Waals surface area contributed by atoms with Crippen molar-refractivity contribution < 1.29 is 9.39 Å². The van der Waals surface area contributed by atoms with Gasteiger partial charge in [0.2, 0.25) is 0 Å². The third kappa shape index (κ3) is 2.13. The maximum absolute atomic E-state index is 6.38. The van der Waals surface area contributed by atoms with Crippen molar-refractivity contribution in [3.8, 4) is 0 Å². The third-order valence-corrected chi connectivity index (χ3v) is 33.0. The van der Waals surface area contributed by atoms with Crippen LogP contribution in [0.1, 0.15) is 13.8 Å². The number of allylic oxidation sites excluding steroid dienone is 4. The molecule has 0 aromatic carbocycles. The molecule has 0 fully saturated rings. The summed E-state index contributed by atoms with van der Waals surface area (Å²) in [6, 6.07) is 0. The summed E-state index contributed by atoms with van der Waals surface area (Å²) in [4.78, 5) is 0. The van der Waals surface area contributed by atoms with E-state index in [0.29, 0.717) is 0 Å². The molecule has 0 amide bonds. The Labute approximate surface area is 93.1 Å². The molecule has 0 radical (unpaired) electrons. The Hall–Kier alpha value is 1.33. The first-order valence-electron chi connectivity index (χ1n) is 3.91. The molecule has 0 spiro atoms. The minimum absolute atomic E-state index is 0.107. The van der Waals surface area contributed by atoms with Crippen LogP contribution in [0.4, 0.5) is 0 Å². The summed E-state index contributed by atoms with van der Waals surface area (Å²) in [6.45, 7) is 3.74. The molecule has 1 aliphatic rings. The Balaban J connectivity index is 3.23. The first-order valence-corrected chi connectivity index (χ1v) is 21.8. The number of hydrogen-bond acceptors (Lipinski definition) is 0. The van der Waals surface area contributed by atoms with Crippen molar-refractivity contribution in [3.63, 3.8) is 0 Å². The van der Waals surface area contributed by atoms with E-state index in [4.69, 9.17) is 37.7 Å². The van der Waals surface area contributed by atoms with Gasteiger partial charge in [0.1, 0.15) is 0 Å². The van der Waals surface area contributed by atoms with Gasteiger partial charge in [0.15, 0.2) is 0 Å². The van der Waals surface area contributed by atoms with Crippen LogP contribution in [0.3, 0.4) is 0 Å². The SMILES string of the molecule is C[CH](C)[W]([Cl])([Cl])([Cl])([Cl])[CH]1C=CC=C1. The van der Waals surface area contributed by atoms with E-state index in [9.17, 15) is 0 Å². The number of halogens is 4. The van der Waals surface area contributed by atoms with Crippen molar-refractivity contribution in [3.05, 3.63) is 24.3 Å². The van der Waals surface area contributed by atoms with Gasteiger partial charge in [-0.1, -0.05) is 0 Å². The van der Waals surface area contributed by atoms with E-state index in [1.165, 1.54) is 0 Å². The Morgan fingerprint density at radius 1 is 1.00 bits per heavy atom. The summed E-state index contributed by atoms with van der Waals surface area (Å²) < 4.78 is -0.310. The molecule has 0 heterocycles. The van der Waals surface area contributed by atoms with E-state index in [1.807, 2.05) is 38.2 Å². The quantitative estimate of drug-likeness (QED) is 0.534. The van der Waals surface area contributed by atoms with E-state index >= 15 is 0 Å². The van der Waals surface area contributed by atoms with Gasteiger partial charge in [0, 0.05) is 0 Å². The second kappa shape index (κ2) is 2.92. The van der Waals surface area contributed by atoms with Crippen LogP contribution >= 0.6 is 37.7 Å². The minimum atomic E-state index is -5.06. The van der Waals surface area contributed by atoms with Gasteiger partial charge in [-0.25, -0.2) is 0 Å².